The van der Waals surface area contributed by atoms with Crippen molar-refractivity contribution >= 4 is 12.1 Å². The number of methoxy groups -OCH3 is 1. The summed E-state index contributed by atoms with van der Waals surface area (Å²) in [5, 5.41) is 4.03. The summed E-state index contributed by atoms with van der Waals surface area (Å²) in [5.74, 6) is 1.24. The number of nitrogens with zero attached hydrogens (tertiary/aromatic N) is 1. The molecule has 5 heteroatoms. The van der Waals surface area contributed by atoms with Gasteiger partial charge in [0.25, 0.3) is 0 Å². The van der Waals surface area contributed by atoms with Crippen LogP contribution >= 0.6 is 0 Å². The first-order valence-corrected chi connectivity index (χ1v) is 10.4. The summed E-state index contributed by atoms with van der Waals surface area (Å²) in [6.07, 6.45) is 9.27. The summed E-state index contributed by atoms with van der Waals surface area (Å²) < 4.78 is 11.3. The van der Waals surface area contributed by atoms with Crippen molar-refractivity contribution in [3.8, 4) is 11.5 Å². The number of nitrogens with one attached hydrogen (secondary N) is 1. The Balaban J connectivity index is 1.78. The molecule has 5 nitrogen and oxygen atoms in total. The zero-order valence-corrected chi connectivity index (χ0v) is 17.5. The molecule has 0 fully saturated rings. The predicted molar refractivity (Wildman–Crippen MR) is 118 cm³/mol. The molecule has 2 aromatic carbocycles. The number of hydrogen-bond donors (Lipinski definition) is 1. The average Bonchev–Trinajstić information content (AvgIpc) is 2.74. The van der Waals surface area contributed by atoms with E-state index in [0.717, 1.165) is 23.3 Å². The lowest BCUT2D eigenvalue weighted by molar-refractivity contribution is -0.120. The summed E-state index contributed by atoms with van der Waals surface area (Å²) in [6, 6.07) is 15.2. The third-order valence-electron chi connectivity index (χ3n) is 4.55. The number of carbonyl (C=O) groups excluding carboxylic acids is 1. The normalized spacial score (nSPS) is 10.8. The van der Waals surface area contributed by atoms with E-state index >= 15 is 0 Å². The van der Waals surface area contributed by atoms with Crippen molar-refractivity contribution in [2.24, 2.45) is 5.10 Å². The molecule has 0 aliphatic heterocycles. The molecule has 0 radical (unpaired) electrons. The molecule has 1 amide bonds. The third kappa shape index (κ3) is 8.81. The van der Waals surface area contributed by atoms with Crippen LogP contribution in [0.2, 0.25) is 0 Å². The summed E-state index contributed by atoms with van der Waals surface area (Å²) in [7, 11) is 1.62. The van der Waals surface area contributed by atoms with E-state index in [-0.39, 0.29) is 5.91 Å². The third-order valence-corrected chi connectivity index (χ3v) is 4.55. The van der Waals surface area contributed by atoms with Crippen LogP contribution in [0.5, 0.6) is 11.5 Å². The highest BCUT2D eigenvalue weighted by Gasteiger charge is 2.06. The maximum atomic E-state index is 11.9. The molecule has 2 aromatic rings. The molecule has 0 spiro atoms. The smallest absolute Gasteiger partial charge is 0.244 e. The van der Waals surface area contributed by atoms with Crippen LogP contribution in [0.1, 0.15) is 56.6 Å². The van der Waals surface area contributed by atoms with E-state index in [9.17, 15) is 4.79 Å². The number of unbranched alkanes of at least 4 members (excludes halogenated alkanes) is 5. The van der Waals surface area contributed by atoms with Crippen LogP contribution < -0.4 is 14.9 Å². The fourth-order valence-corrected chi connectivity index (χ4v) is 2.95. The first-order valence-electron chi connectivity index (χ1n) is 10.4. The number of rotatable bonds is 13. The Bertz CT molecular complexity index is 760. The fourth-order valence-electron chi connectivity index (χ4n) is 2.95. The first-order chi connectivity index (χ1) is 14.2. The first kappa shape index (κ1) is 22.5. The van der Waals surface area contributed by atoms with E-state index < -0.39 is 0 Å². The molecule has 2 rings (SSSR count). The minimum absolute atomic E-state index is 0.154. The highest BCUT2D eigenvalue weighted by atomic mass is 16.5. The lowest BCUT2D eigenvalue weighted by Gasteiger charge is -2.11. The lowest BCUT2D eigenvalue weighted by Crippen LogP contribution is -2.19. The second kappa shape index (κ2) is 13.4. The molecule has 29 heavy (non-hydrogen) atoms. The quantitative estimate of drug-likeness (QED) is 0.290. The molecule has 0 atom stereocenters. The molecule has 0 unspecified atom stereocenters. The van der Waals surface area contributed by atoms with Gasteiger partial charge in [-0.05, 0) is 35.7 Å². The van der Waals surface area contributed by atoms with Crippen molar-refractivity contribution in [2.75, 3.05) is 13.7 Å². The number of ether oxygens (including phenoxy) is 2. The van der Waals surface area contributed by atoms with Gasteiger partial charge < -0.3 is 9.47 Å². The number of carbonyl (C=O) groups is 1. The second-order valence-electron chi connectivity index (χ2n) is 6.98. The van der Waals surface area contributed by atoms with E-state index in [1.54, 1.807) is 13.3 Å². The van der Waals surface area contributed by atoms with E-state index in [1.165, 1.54) is 32.1 Å². The van der Waals surface area contributed by atoms with Gasteiger partial charge in [-0.25, -0.2) is 5.43 Å². The molecule has 0 aromatic heterocycles. The predicted octanol–water partition coefficient (Wildman–Crippen LogP) is 5.13. The Labute approximate surface area is 174 Å². The van der Waals surface area contributed by atoms with Gasteiger partial charge in [-0.1, -0.05) is 69.4 Å². The number of benzene rings is 2. The van der Waals surface area contributed by atoms with E-state index in [1.807, 2.05) is 48.5 Å². The Morgan fingerprint density at radius 2 is 1.76 bits per heavy atom. The molecule has 0 heterocycles. The topological polar surface area (TPSA) is 59.9 Å². The van der Waals surface area contributed by atoms with Gasteiger partial charge in [-0.15, -0.1) is 0 Å². The fraction of sp³-hybridized carbons (Fsp3) is 0.417. The Hall–Kier alpha value is -2.82. The molecule has 0 saturated heterocycles. The number of amides is 1. The van der Waals surface area contributed by atoms with Crippen molar-refractivity contribution in [2.45, 2.75) is 51.9 Å². The molecule has 0 aliphatic carbocycles. The van der Waals surface area contributed by atoms with Gasteiger partial charge in [0.1, 0.15) is 0 Å². The molecule has 0 aliphatic rings. The van der Waals surface area contributed by atoms with Gasteiger partial charge >= 0.3 is 0 Å². The second-order valence-corrected chi connectivity index (χ2v) is 6.98. The average molecular weight is 397 g/mol. The Kier molecular flexibility index (Phi) is 10.4. The van der Waals surface area contributed by atoms with Crippen LogP contribution in [-0.2, 0) is 11.2 Å². The summed E-state index contributed by atoms with van der Waals surface area (Å²) in [6.45, 7) is 2.91. The largest absolute Gasteiger partial charge is 0.493 e. The van der Waals surface area contributed by atoms with Crippen molar-refractivity contribution < 1.29 is 14.3 Å². The lowest BCUT2D eigenvalue weighted by atomic mass is 10.1. The summed E-state index contributed by atoms with van der Waals surface area (Å²) in [4.78, 5) is 11.9. The van der Waals surface area contributed by atoms with E-state index in [4.69, 9.17) is 9.47 Å². The number of hydrazone groups is 1. The van der Waals surface area contributed by atoms with Gasteiger partial charge in [0.15, 0.2) is 11.5 Å². The molecular formula is C24H32N2O3. The van der Waals surface area contributed by atoms with Crippen LogP contribution in [0, 0.1) is 0 Å². The molecular weight excluding hydrogens is 364 g/mol. The van der Waals surface area contributed by atoms with Crippen LogP contribution in [0.4, 0.5) is 0 Å². The van der Waals surface area contributed by atoms with Crippen LogP contribution in [-0.4, -0.2) is 25.8 Å². The van der Waals surface area contributed by atoms with Gasteiger partial charge in [0, 0.05) is 0 Å². The van der Waals surface area contributed by atoms with Gasteiger partial charge in [-0.3, -0.25) is 4.79 Å². The minimum atomic E-state index is -0.154. The van der Waals surface area contributed by atoms with Crippen molar-refractivity contribution in [3.05, 3.63) is 59.7 Å². The van der Waals surface area contributed by atoms with Crippen LogP contribution in [0.15, 0.2) is 53.6 Å². The number of hydrogen-bond acceptors (Lipinski definition) is 4. The van der Waals surface area contributed by atoms with Crippen molar-refractivity contribution in [1.82, 2.24) is 5.43 Å². The highest BCUT2D eigenvalue weighted by molar-refractivity contribution is 5.84. The SMILES string of the molecule is CCCCCCCCOc1ccc(/C=N/NC(=O)Cc2ccccc2)cc1OC. The van der Waals surface area contributed by atoms with Gasteiger partial charge in [0.05, 0.1) is 26.4 Å². The zero-order valence-electron chi connectivity index (χ0n) is 17.5. The van der Waals surface area contributed by atoms with Crippen LogP contribution in [0.3, 0.4) is 0 Å². The van der Waals surface area contributed by atoms with E-state index in [0.29, 0.717) is 18.8 Å². The summed E-state index contributed by atoms with van der Waals surface area (Å²) in [5.41, 5.74) is 4.33. The Morgan fingerprint density at radius 3 is 2.52 bits per heavy atom. The highest BCUT2D eigenvalue weighted by Crippen LogP contribution is 2.27. The minimum Gasteiger partial charge on any atom is -0.493 e. The van der Waals surface area contributed by atoms with Crippen LogP contribution in [0.25, 0.3) is 0 Å². The van der Waals surface area contributed by atoms with Crippen molar-refractivity contribution in [3.63, 3.8) is 0 Å². The Morgan fingerprint density at radius 1 is 1.00 bits per heavy atom. The zero-order chi connectivity index (χ0) is 20.7. The van der Waals surface area contributed by atoms with E-state index in [2.05, 4.69) is 17.5 Å². The standard InChI is InChI=1S/C24H32N2O3/c1-3-4-5-6-7-11-16-29-22-15-14-21(17-23(22)28-2)19-25-26-24(27)18-20-12-9-8-10-13-20/h8-10,12-15,17,19H,3-7,11,16,18H2,1-2H3,(H,26,27)/b25-19+. The maximum Gasteiger partial charge on any atom is 0.244 e. The van der Waals surface area contributed by atoms with Crippen molar-refractivity contribution in [1.29, 1.82) is 0 Å². The molecule has 0 saturated carbocycles. The summed E-state index contributed by atoms with van der Waals surface area (Å²) >= 11 is 0. The monoisotopic (exact) mass is 396 g/mol. The molecule has 156 valence electrons. The molecule has 1 N–H and O–H groups in total. The van der Waals surface area contributed by atoms with Gasteiger partial charge in [0.2, 0.25) is 5.91 Å². The van der Waals surface area contributed by atoms with Gasteiger partial charge in [-0.2, -0.15) is 5.10 Å². The molecule has 0 bridgehead atoms. The maximum absolute atomic E-state index is 11.9.